The minimum absolute atomic E-state index is 0.0394. The zero-order valence-corrected chi connectivity index (χ0v) is 19.5. The number of hydrogen-bond acceptors (Lipinski definition) is 6. The van der Waals surface area contributed by atoms with Crippen molar-refractivity contribution in [1.29, 1.82) is 5.26 Å². The monoisotopic (exact) mass is 479 g/mol. The lowest BCUT2D eigenvalue weighted by Gasteiger charge is -2.29. The van der Waals surface area contributed by atoms with Gasteiger partial charge >= 0.3 is 5.97 Å². The highest BCUT2D eigenvalue weighted by molar-refractivity contribution is 8.03. The number of ether oxygens (including phenoxy) is 1. The minimum Gasteiger partial charge on any atom is -0.458 e. The van der Waals surface area contributed by atoms with E-state index in [4.69, 9.17) is 16.3 Å². The summed E-state index contributed by atoms with van der Waals surface area (Å²) in [5.74, 6) is -1.45. The number of nitriles is 1. The maximum atomic E-state index is 12.9. The third-order valence-electron chi connectivity index (χ3n) is 4.82. The smallest absolute Gasteiger partial charge is 0.337 e. The first-order valence-electron chi connectivity index (χ1n) is 10.1. The predicted molar refractivity (Wildman–Crippen MR) is 131 cm³/mol. The van der Waals surface area contributed by atoms with Gasteiger partial charge in [0.25, 0.3) is 0 Å². The van der Waals surface area contributed by atoms with Gasteiger partial charge in [-0.25, -0.2) is 4.79 Å². The van der Waals surface area contributed by atoms with Crippen molar-refractivity contribution in [2.75, 3.05) is 17.7 Å². The van der Waals surface area contributed by atoms with E-state index in [0.29, 0.717) is 32.6 Å². The lowest BCUT2D eigenvalue weighted by atomic mass is 9.82. The maximum absolute atomic E-state index is 12.9. The van der Waals surface area contributed by atoms with E-state index in [-0.39, 0.29) is 23.8 Å². The molecule has 0 saturated carbocycles. The number of dihydropyridines is 1. The second-order valence-corrected chi connectivity index (χ2v) is 8.46. The Bertz CT molecular complexity index is 1170. The summed E-state index contributed by atoms with van der Waals surface area (Å²) in [6, 6.07) is 18.4. The summed E-state index contributed by atoms with van der Waals surface area (Å²) < 4.78 is 5.28. The molecule has 6 nitrogen and oxygen atoms in total. The van der Waals surface area contributed by atoms with Crippen LogP contribution >= 0.6 is 23.4 Å². The first-order valence-corrected chi connectivity index (χ1v) is 11.4. The zero-order valence-electron chi connectivity index (χ0n) is 17.9. The highest BCUT2D eigenvalue weighted by atomic mass is 35.5. The van der Waals surface area contributed by atoms with Crippen molar-refractivity contribution in [3.05, 3.63) is 99.7 Å². The number of nitrogens with zero attached hydrogens (tertiary/aromatic N) is 1. The van der Waals surface area contributed by atoms with Gasteiger partial charge in [0.1, 0.15) is 6.61 Å². The van der Waals surface area contributed by atoms with Crippen LogP contribution in [0.2, 0.25) is 5.02 Å². The van der Waals surface area contributed by atoms with Crippen molar-refractivity contribution in [3.63, 3.8) is 0 Å². The molecule has 0 unspecified atom stereocenters. The number of para-hydroxylation sites is 1. The summed E-state index contributed by atoms with van der Waals surface area (Å²) in [4.78, 5) is 25.3. The first kappa shape index (κ1) is 24.2. The third-order valence-corrected chi connectivity index (χ3v) is 6.18. The van der Waals surface area contributed by atoms with E-state index in [1.54, 1.807) is 43.3 Å². The van der Waals surface area contributed by atoms with Crippen molar-refractivity contribution in [3.8, 4) is 6.07 Å². The molecule has 0 saturated heterocycles. The first-order chi connectivity index (χ1) is 16.0. The number of rotatable bonds is 8. The van der Waals surface area contributed by atoms with Gasteiger partial charge in [-0.1, -0.05) is 72.4 Å². The van der Waals surface area contributed by atoms with Crippen molar-refractivity contribution < 1.29 is 14.3 Å². The van der Waals surface area contributed by atoms with Gasteiger partial charge in [-0.2, -0.15) is 5.26 Å². The molecule has 1 aliphatic heterocycles. The van der Waals surface area contributed by atoms with Gasteiger partial charge in [0.05, 0.1) is 33.9 Å². The van der Waals surface area contributed by atoms with Crippen molar-refractivity contribution >= 4 is 40.9 Å². The van der Waals surface area contributed by atoms with Gasteiger partial charge in [0.15, 0.2) is 0 Å². The maximum Gasteiger partial charge on any atom is 0.337 e. The van der Waals surface area contributed by atoms with Crippen LogP contribution in [0.4, 0.5) is 5.69 Å². The lowest BCUT2D eigenvalue weighted by molar-refractivity contribution is -0.138. The van der Waals surface area contributed by atoms with Crippen LogP contribution in [0.1, 0.15) is 18.4 Å². The van der Waals surface area contributed by atoms with Crippen molar-refractivity contribution in [1.82, 2.24) is 5.32 Å². The van der Waals surface area contributed by atoms with E-state index < -0.39 is 11.9 Å². The fraction of sp³-hybridized carbons (Fsp3) is 0.160. The third kappa shape index (κ3) is 5.86. The molecule has 2 aromatic carbocycles. The molecule has 8 heteroatoms. The van der Waals surface area contributed by atoms with Gasteiger partial charge in [-0.15, -0.1) is 0 Å². The van der Waals surface area contributed by atoms with E-state index in [0.717, 1.165) is 0 Å². The Morgan fingerprint density at radius 2 is 1.94 bits per heavy atom. The Hall–Kier alpha value is -3.47. The highest BCUT2D eigenvalue weighted by Crippen LogP contribution is 2.43. The van der Waals surface area contributed by atoms with Gasteiger partial charge in [0.2, 0.25) is 5.91 Å². The number of nitrogens with one attached hydrogen (secondary N) is 2. The number of halogens is 1. The number of thioether (sulfide) groups is 1. The van der Waals surface area contributed by atoms with E-state index in [1.165, 1.54) is 17.8 Å². The van der Waals surface area contributed by atoms with Crippen LogP contribution in [0.5, 0.6) is 0 Å². The lowest BCUT2D eigenvalue weighted by Crippen LogP contribution is -2.29. The standard InChI is InChI=1S/C25H22ClN3O3S/c1-3-13-32-25(31)22-16(2)28-24(33-15-21(30)29-17-9-5-4-6-10-17)19(14-27)23(22)18-11-7-8-12-20(18)26/h3-12,23,28H,1,13,15H2,2H3,(H,29,30)/t23-/m1/s1. The number of anilines is 1. The number of carbonyl (C=O) groups excluding carboxylic acids is 2. The fourth-order valence-electron chi connectivity index (χ4n) is 3.39. The minimum atomic E-state index is -0.734. The zero-order chi connectivity index (χ0) is 23.8. The summed E-state index contributed by atoms with van der Waals surface area (Å²) in [6.45, 7) is 5.34. The summed E-state index contributed by atoms with van der Waals surface area (Å²) in [6.07, 6.45) is 1.47. The number of benzene rings is 2. The Labute approximate surface area is 202 Å². The molecule has 3 rings (SSSR count). The van der Waals surface area contributed by atoms with Crippen LogP contribution < -0.4 is 10.6 Å². The SMILES string of the molecule is C=CCOC(=O)C1=C(C)NC(SCC(=O)Nc2ccccc2)=C(C#N)[C@H]1c1ccccc1Cl. The number of carbonyl (C=O) groups is 2. The number of hydrogen-bond donors (Lipinski definition) is 2. The molecule has 0 aliphatic carbocycles. The Balaban J connectivity index is 1.93. The molecule has 33 heavy (non-hydrogen) atoms. The summed E-state index contributed by atoms with van der Waals surface area (Å²) in [5.41, 5.74) is 2.40. The fourth-order valence-corrected chi connectivity index (χ4v) is 4.52. The van der Waals surface area contributed by atoms with Gasteiger partial charge in [0, 0.05) is 16.4 Å². The molecule has 168 valence electrons. The number of allylic oxidation sites excluding steroid dienone is 2. The average molecular weight is 480 g/mol. The molecule has 1 amide bonds. The van der Waals surface area contributed by atoms with E-state index in [9.17, 15) is 14.9 Å². The molecular weight excluding hydrogens is 458 g/mol. The molecule has 2 N–H and O–H groups in total. The predicted octanol–water partition coefficient (Wildman–Crippen LogP) is 5.14. The largest absolute Gasteiger partial charge is 0.458 e. The van der Waals surface area contributed by atoms with Gasteiger partial charge in [-0.05, 0) is 30.7 Å². The van der Waals surface area contributed by atoms with E-state index in [2.05, 4.69) is 23.3 Å². The molecule has 0 radical (unpaired) electrons. The Morgan fingerprint density at radius 3 is 2.61 bits per heavy atom. The van der Waals surface area contributed by atoms with Crippen LogP contribution in [-0.4, -0.2) is 24.2 Å². The molecule has 2 aromatic rings. The quantitative estimate of drug-likeness (QED) is 0.402. The molecule has 0 fully saturated rings. The summed E-state index contributed by atoms with van der Waals surface area (Å²) >= 11 is 7.64. The second-order valence-electron chi connectivity index (χ2n) is 7.06. The molecule has 1 atom stereocenters. The highest BCUT2D eigenvalue weighted by Gasteiger charge is 2.36. The second kappa shape index (κ2) is 11.4. The number of esters is 1. The van der Waals surface area contributed by atoms with Crippen LogP contribution in [-0.2, 0) is 14.3 Å². The summed E-state index contributed by atoms with van der Waals surface area (Å²) in [7, 11) is 0. The van der Waals surface area contributed by atoms with Crippen LogP contribution in [0.3, 0.4) is 0 Å². The Morgan fingerprint density at radius 1 is 1.24 bits per heavy atom. The van der Waals surface area contributed by atoms with Gasteiger partial charge < -0.3 is 15.4 Å². The molecular formula is C25H22ClN3O3S. The van der Waals surface area contributed by atoms with Crippen molar-refractivity contribution in [2.45, 2.75) is 12.8 Å². The topological polar surface area (TPSA) is 91.2 Å². The average Bonchev–Trinajstić information content (AvgIpc) is 2.81. The molecule has 0 aromatic heterocycles. The van der Waals surface area contributed by atoms with Crippen LogP contribution in [0, 0.1) is 11.3 Å². The molecule has 0 bridgehead atoms. The normalized spacial score (nSPS) is 15.4. The van der Waals surface area contributed by atoms with Crippen LogP contribution in [0.25, 0.3) is 0 Å². The van der Waals surface area contributed by atoms with E-state index in [1.807, 2.05) is 18.2 Å². The number of amides is 1. The summed E-state index contributed by atoms with van der Waals surface area (Å²) in [5, 5.41) is 16.9. The molecule has 1 aliphatic rings. The van der Waals surface area contributed by atoms with Gasteiger partial charge in [-0.3, -0.25) is 4.79 Å². The molecule has 0 spiro atoms. The Kier molecular flexibility index (Phi) is 8.36. The molecule has 1 heterocycles. The van der Waals surface area contributed by atoms with Crippen molar-refractivity contribution in [2.24, 2.45) is 0 Å². The van der Waals surface area contributed by atoms with Crippen LogP contribution in [0.15, 0.2) is 89.1 Å². The van der Waals surface area contributed by atoms with E-state index >= 15 is 0 Å².